The second-order valence-corrected chi connectivity index (χ2v) is 6.89. The monoisotopic (exact) mass is 423 g/mol. The third-order valence-corrected chi connectivity index (χ3v) is 4.90. The molecule has 150 valence electrons. The van der Waals surface area contributed by atoms with E-state index in [9.17, 15) is 14.9 Å². The van der Waals surface area contributed by atoms with Crippen LogP contribution in [0, 0.1) is 10.1 Å². The summed E-state index contributed by atoms with van der Waals surface area (Å²) in [5, 5.41) is 15.7. The molecule has 0 radical (unpaired) electrons. The number of amides is 1. The van der Waals surface area contributed by atoms with Gasteiger partial charge in [0.15, 0.2) is 16.7 Å². The summed E-state index contributed by atoms with van der Waals surface area (Å²) in [5.41, 5.74) is 3.06. The van der Waals surface area contributed by atoms with E-state index in [1.165, 1.54) is 12.3 Å². The van der Waals surface area contributed by atoms with Crippen molar-refractivity contribution in [3.63, 3.8) is 0 Å². The van der Waals surface area contributed by atoms with Gasteiger partial charge in [0.05, 0.1) is 16.0 Å². The molecule has 10 nitrogen and oxygen atoms in total. The molecule has 30 heavy (non-hydrogen) atoms. The number of hydrogen-bond acceptors (Lipinski definition) is 9. The molecule has 2 aromatic carbocycles. The van der Waals surface area contributed by atoms with Crippen LogP contribution in [-0.4, -0.2) is 33.8 Å². The molecule has 0 saturated carbocycles. The molecule has 1 amide bonds. The van der Waals surface area contributed by atoms with E-state index in [-0.39, 0.29) is 12.5 Å². The number of hydrogen-bond donors (Lipinski definition) is 1. The Labute approximate surface area is 174 Å². The summed E-state index contributed by atoms with van der Waals surface area (Å²) >= 11 is 1.09. The van der Waals surface area contributed by atoms with Crippen molar-refractivity contribution in [1.82, 2.24) is 15.4 Å². The molecule has 1 N–H and O–H groups in total. The zero-order chi connectivity index (χ0) is 20.9. The smallest absolute Gasteiger partial charge is 0.283 e. The molecule has 0 spiro atoms. The number of nitro groups is 1. The number of hydrazone groups is 1. The van der Waals surface area contributed by atoms with Crippen molar-refractivity contribution in [3.05, 3.63) is 76.1 Å². The fraction of sp³-hybridized carbons (Fsp3) is 0.0526. The number of rotatable bonds is 6. The number of nitrogens with zero attached hydrogens (tertiary/aromatic N) is 4. The first-order valence-electron chi connectivity index (χ1n) is 8.56. The lowest BCUT2D eigenvalue weighted by Gasteiger charge is -2.03. The van der Waals surface area contributed by atoms with E-state index in [4.69, 9.17) is 9.47 Å². The Hall–Kier alpha value is -3.99. The minimum atomic E-state index is -0.492. The molecule has 0 bridgehead atoms. The number of nitrogens with one attached hydrogen (secondary N) is 1. The minimum Gasteiger partial charge on any atom is -0.454 e. The first kappa shape index (κ1) is 19.3. The molecule has 0 aliphatic carbocycles. The van der Waals surface area contributed by atoms with Gasteiger partial charge in [-0.1, -0.05) is 6.07 Å². The van der Waals surface area contributed by atoms with Crippen LogP contribution >= 0.6 is 11.8 Å². The van der Waals surface area contributed by atoms with Crippen molar-refractivity contribution in [1.29, 1.82) is 0 Å². The SMILES string of the molecule is O=C(NN=Cc1ccc(Sc2ncccn2)c([N+](=O)[O-])c1)c1ccc2c(c1)OCO2. The number of ether oxygens (including phenoxy) is 2. The van der Waals surface area contributed by atoms with Crippen LogP contribution in [0.4, 0.5) is 5.69 Å². The van der Waals surface area contributed by atoms with Gasteiger partial charge in [-0.3, -0.25) is 14.9 Å². The zero-order valence-electron chi connectivity index (χ0n) is 15.2. The Morgan fingerprint density at radius 1 is 1.17 bits per heavy atom. The first-order chi connectivity index (χ1) is 14.6. The highest BCUT2D eigenvalue weighted by atomic mass is 32.2. The van der Waals surface area contributed by atoms with Gasteiger partial charge in [-0.2, -0.15) is 5.10 Å². The molecular formula is C19H13N5O5S. The van der Waals surface area contributed by atoms with Crippen molar-refractivity contribution in [3.8, 4) is 11.5 Å². The second-order valence-electron chi connectivity index (χ2n) is 5.88. The van der Waals surface area contributed by atoms with Crippen LogP contribution in [0.3, 0.4) is 0 Å². The number of fused-ring (bicyclic) bond motifs is 1. The van der Waals surface area contributed by atoms with Gasteiger partial charge in [0, 0.05) is 29.6 Å². The molecule has 2 heterocycles. The first-order valence-corrected chi connectivity index (χ1v) is 9.38. The van der Waals surface area contributed by atoms with Crippen LogP contribution < -0.4 is 14.9 Å². The van der Waals surface area contributed by atoms with Gasteiger partial charge in [0.25, 0.3) is 11.6 Å². The fourth-order valence-electron chi connectivity index (χ4n) is 2.55. The van der Waals surface area contributed by atoms with E-state index in [2.05, 4.69) is 20.5 Å². The normalized spacial score (nSPS) is 12.1. The van der Waals surface area contributed by atoms with Crippen molar-refractivity contribution < 1.29 is 19.2 Å². The summed E-state index contributed by atoms with van der Waals surface area (Å²) in [6.07, 6.45) is 4.45. The van der Waals surface area contributed by atoms with Crippen LogP contribution in [0.15, 0.2) is 70.0 Å². The van der Waals surface area contributed by atoms with Crippen LogP contribution in [0.1, 0.15) is 15.9 Å². The number of nitro benzene ring substituents is 1. The second kappa shape index (κ2) is 8.57. The summed E-state index contributed by atoms with van der Waals surface area (Å²) < 4.78 is 10.4. The summed E-state index contributed by atoms with van der Waals surface area (Å²) in [7, 11) is 0. The molecule has 1 aliphatic heterocycles. The van der Waals surface area contributed by atoms with Crippen LogP contribution in [0.25, 0.3) is 0 Å². The molecule has 0 unspecified atom stereocenters. The van der Waals surface area contributed by atoms with Crippen molar-refractivity contribution in [2.75, 3.05) is 6.79 Å². The van der Waals surface area contributed by atoms with Gasteiger partial charge in [0.1, 0.15) is 0 Å². The predicted molar refractivity (Wildman–Crippen MR) is 107 cm³/mol. The zero-order valence-corrected chi connectivity index (χ0v) is 16.0. The summed E-state index contributed by atoms with van der Waals surface area (Å²) in [6.45, 7) is 0.113. The van der Waals surface area contributed by atoms with E-state index >= 15 is 0 Å². The molecule has 3 aromatic rings. The fourth-order valence-corrected chi connectivity index (χ4v) is 3.35. The number of carbonyl (C=O) groups is 1. The van der Waals surface area contributed by atoms with Crippen molar-refractivity contribution in [2.45, 2.75) is 10.1 Å². The maximum absolute atomic E-state index is 12.2. The van der Waals surface area contributed by atoms with E-state index in [1.807, 2.05) is 0 Å². The maximum Gasteiger partial charge on any atom is 0.283 e. The molecule has 0 saturated heterocycles. The lowest BCUT2D eigenvalue weighted by atomic mass is 10.2. The van der Waals surface area contributed by atoms with E-state index in [1.54, 1.807) is 48.8 Å². The molecular weight excluding hydrogens is 410 g/mol. The van der Waals surface area contributed by atoms with Gasteiger partial charge >= 0.3 is 0 Å². The Bertz CT molecular complexity index is 1140. The predicted octanol–water partition coefficient (Wildman–Crippen LogP) is 3.03. The van der Waals surface area contributed by atoms with Gasteiger partial charge in [-0.15, -0.1) is 0 Å². The average Bonchev–Trinajstić information content (AvgIpc) is 3.23. The highest BCUT2D eigenvalue weighted by Crippen LogP contribution is 2.33. The van der Waals surface area contributed by atoms with Gasteiger partial charge in [-0.25, -0.2) is 15.4 Å². The third kappa shape index (κ3) is 4.36. The van der Waals surface area contributed by atoms with Crippen molar-refractivity contribution >= 4 is 29.6 Å². The summed E-state index contributed by atoms with van der Waals surface area (Å²) in [6, 6.07) is 11.0. The lowest BCUT2D eigenvalue weighted by Crippen LogP contribution is -2.17. The Morgan fingerprint density at radius 3 is 2.77 bits per heavy atom. The molecule has 0 atom stereocenters. The average molecular weight is 423 g/mol. The van der Waals surface area contributed by atoms with Crippen LogP contribution in [0.2, 0.25) is 0 Å². The van der Waals surface area contributed by atoms with Crippen molar-refractivity contribution in [2.24, 2.45) is 5.10 Å². The molecule has 1 aromatic heterocycles. The summed E-state index contributed by atoms with van der Waals surface area (Å²) in [4.78, 5) is 31.7. The standard InChI is InChI=1S/C19H13N5O5S/c25-18(13-3-4-15-16(9-13)29-11-28-15)23-22-10-12-2-5-17(14(8-12)24(26)27)30-19-20-6-1-7-21-19/h1-10H,11H2,(H,23,25). The van der Waals surface area contributed by atoms with E-state index in [0.717, 1.165) is 11.8 Å². The van der Waals surface area contributed by atoms with Crippen LogP contribution in [0.5, 0.6) is 11.5 Å². The largest absolute Gasteiger partial charge is 0.454 e. The lowest BCUT2D eigenvalue weighted by molar-refractivity contribution is -0.387. The van der Waals surface area contributed by atoms with E-state index < -0.39 is 10.8 Å². The third-order valence-electron chi connectivity index (χ3n) is 3.94. The number of aromatic nitrogens is 2. The van der Waals surface area contributed by atoms with E-state index in [0.29, 0.717) is 32.7 Å². The summed E-state index contributed by atoms with van der Waals surface area (Å²) in [5.74, 6) is 0.603. The maximum atomic E-state index is 12.2. The van der Waals surface area contributed by atoms with Gasteiger partial charge in [0.2, 0.25) is 6.79 Å². The minimum absolute atomic E-state index is 0.112. The molecule has 11 heteroatoms. The quantitative estimate of drug-likeness (QED) is 0.277. The number of carbonyl (C=O) groups excluding carboxylic acids is 1. The molecule has 1 aliphatic rings. The van der Waals surface area contributed by atoms with Crippen LogP contribution in [-0.2, 0) is 0 Å². The number of benzene rings is 2. The topological polar surface area (TPSA) is 129 Å². The Balaban J connectivity index is 1.46. The highest BCUT2D eigenvalue weighted by Gasteiger charge is 2.17. The Kier molecular flexibility index (Phi) is 5.52. The highest BCUT2D eigenvalue weighted by molar-refractivity contribution is 7.99. The van der Waals surface area contributed by atoms with Gasteiger partial charge in [-0.05, 0) is 42.1 Å². The van der Waals surface area contributed by atoms with Gasteiger partial charge < -0.3 is 9.47 Å². The molecule has 4 rings (SSSR count). The molecule has 0 fully saturated rings. The Morgan fingerprint density at radius 2 is 1.97 bits per heavy atom.